The number of rotatable bonds is 2. The first-order chi connectivity index (χ1) is 7.61. The fourth-order valence-corrected chi connectivity index (χ4v) is 1.39. The maximum absolute atomic E-state index is 13.1. The number of hydrogen-bond acceptors (Lipinski definition) is 5. The summed E-state index contributed by atoms with van der Waals surface area (Å²) in [6.07, 6.45) is 2.81. The Hall–Kier alpha value is -1.38. The van der Waals surface area contributed by atoms with Crippen molar-refractivity contribution in [2.45, 2.75) is 12.3 Å². The Labute approximate surface area is 103 Å². The van der Waals surface area contributed by atoms with Gasteiger partial charge in [-0.15, -0.1) is 0 Å². The monoisotopic (exact) mass is 261 g/mol. The molecule has 2 rings (SSSR count). The quantitative estimate of drug-likeness (QED) is 0.702. The van der Waals surface area contributed by atoms with E-state index in [9.17, 15) is 9.18 Å². The van der Waals surface area contributed by atoms with Crippen molar-refractivity contribution in [2.24, 2.45) is 0 Å². The number of nitrogen functional groups attached to an aromatic ring is 1. The van der Waals surface area contributed by atoms with Crippen LogP contribution in [0.4, 0.5) is 10.2 Å². The molecule has 0 saturated heterocycles. The molecule has 0 amide bonds. The van der Waals surface area contributed by atoms with E-state index in [0.717, 1.165) is 10.8 Å². The van der Waals surface area contributed by atoms with E-state index in [1.807, 2.05) is 0 Å². The minimum absolute atomic E-state index is 0. The molecule has 1 aliphatic rings. The molecule has 0 radical (unpaired) electrons. The van der Waals surface area contributed by atoms with E-state index in [2.05, 4.69) is 4.98 Å². The van der Waals surface area contributed by atoms with Crippen LogP contribution in [0, 0.1) is 5.82 Å². The van der Waals surface area contributed by atoms with Gasteiger partial charge in [-0.2, -0.15) is 18.5 Å². The van der Waals surface area contributed by atoms with Gasteiger partial charge in [0, 0.05) is 0 Å². The van der Waals surface area contributed by atoms with Crippen LogP contribution in [-0.2, 0) is 4.74 Å². The summed E-state index contributed by atoms with van der Waals surface area (Å²) in [5.41, 5.74) is 4.44. The molecule has 2 heterocycles. The van der Waals surface area contributed by atoms with Crippen molar-refractivity contribution in [2.75, 3.05) is 12.3 Å². The Morgan fingerprint density at radius 1 is 1.59 bits per heavy atom. The molecule has 3 N–H and O–H groups in total. The summed E-state index contributed by atoms with van der Waals surface area (Å²) in [5, 5.41) is 8.83. The number of halogens is 1. The van der Waals surface area contributed by atoms with Gasteiger partial charge in [-0.25, -0.2) is 9.18 Å². The number of ether oxygens (including phenoxy) is 1. The van der Waals surface area contributed by atoms with Crippen LogP contribution >= 0.6 is 13.5 Å². The smallest absolute Gasteiger partial charge is 0.352 e. The molecular formula is C9H12FN3O3S. The lowest BCUT2D eigenvalue weighted by Gasteiger charge is -2.14. The topological polar surface area (TPSA) is 90.4 Å². The predicted molar refractivity (Wildman–Crippen MR) is 63.4 cm³/mol. The molecule has 94 valence electrons. The third-order valence-corrected chi connectivity index (χ3v) is 2.19. The number of hydrogen-bond donors (Lipinski definition) is 2. The third-order valence-electron chi connectivity index (χ3n) is 2.19. The van der Waals surface area contributed by atoms with Gasteiger partial charge in [0.1, 0.15) is 6.10 Å². The van der Waals surface area contributed by atoms with Crippen LogP contribution in [0.15, 0.2) is 23.1 Å². The van der Waals surface area contributed by atoms with Crippen LogP contribution in [0.3, 0.4) is 0 Å². The van der Waals surface area contributed by atoms with Crippen molar-refractivity contribution < 1.29 is 14.2 Å². The summed E-state index contributed by atoms with van der Waals surface area (Å²) in [5.74, 6) is -1.23. The largest absolute Gasteiger partial charge is 0.393 e. The average molecular weight is 261 g/mol. The highest BCUT2D eigenvalue weighted by Gasteiger charge is 2.21. The lowest BCUT2D eigenvalue weighted by Crippen LogP contribution is -2.29. The van der Waals surface area contributed by atoms with Crippen molar-refractivity contribution in [3.63, 3.8) is 0 Å². The number of anilines is 1. The second-order valence-electron chi connectivity index (χ2n) is 3.30. The van der Waals surface area contributed by atoms with E-state index >= 15 is 0 Å². The summed E-state index contributed by atoms with van der Waals surface area (Å²) >= 11 is 0. The maximum atomic E-state index is 13.1. The minimum atomic E-state index is -0.788. The number of nitrogens with zero attached hydrogens (tertiary/aromatic N) is 2. The Balaban J connectivity index is 0.00000144. The molecule has 8 heteroatoms. The fourth-order valence-electron chi connectivity index (χ4n) is 1.39. The molecule has 0 bridgehead atoms. The molecule has 6 nitrogen and oxygen atoms in total. The molecule has 0 unspecified atom stereocenters. The molecule has 1 aliphatic heterocycles. The van der Waals surface area contributed by atoms with Crippen molar-refractivity contribution in [1.82, 2.24) is 9.55 Å². The van der Waals surface area contributed by atoms with Gasteiger partial charge in [-0.3, -0.25) is 4.57 Å². The summed E-state index contributed by atoms with van der Waals surface area (Å²) in [4.78, 5) is 14.7. The van der Waals surface area contributed by atoms with Gasteiger partial charge in [0.25, 0.3) is 0 Å². The zero-order valence-electron chi connectivity index (χ0n) is 8.71. The SMILES string of the molecule is Nc1nc(=O)n([C@H]2C=C[C@@H](CO)O2)cc1F.S. The predicted octanol–water partition coefficient (Wildman–Crippen LogP) is -0.477. The van der Waals surface area contributed by atoms with Crippen LogP contribution in [0.2, 0.25) is 0 Å². The highest BCUT2D eigenvalue weighted by molar-refractivity contribution is 7.59. The van der Waals surface area contributed by atoms with E-state index < -0.39 is 29.7 Å². The first-order valence-corrected chi connectivity index (χ1v) is 4.60. The first kappa shape index (κ1) is 13.7. The van der Waals surface area contributed by atoms with Gasteiger partial charge in [0.2, 0.25) is 0 Å². The molecule has 0 spiro atoms. The van der Waals surface area contributed by atoms with Crippen molar-refractivity contribution in [3.05, 3.63) is 34.7 Å². The van der Waals surface area contributed by atoms with Crippen LogP contribution in [0.25, 0.3) is 0 Å². The Bertz CT molecular complexity index is 491. The summed E-state index contributed by atoms with van der Waals surface area (Å²) in [6.45, 7) is -0.202. The van der Waals surface area contributed by atoms with E-state index in [-0.39, 0.29) is 20.1 Å². The van der Waals surface area contributed by atoms with Crippen LogP contribution in [0.1, 0.15) is 6.23 Å². The van der Waals surface area contributed by atoms with Gasteiger partial charge in [-0.05, 0) is 6.08 Å². The van der Waals surface area contributed by atoms with Crippen molar-refractivity contribution in [3.8, 4) is 0 Å². The first-order valence-electron chi connectivity index (χ1n) is 4.60. The average Bonchev–Trinajstić information content (AvgIpc) is 2.71. The van der Waals surface area contributed by atoms with E-state index in [0.29, 0.717) is 0 Å². The molecule has 2 atom stereocenters. The Kier molecular flexibility index (Phi) is 4.27. The van der Waals surface area contributed by atoms with E-state index in [1.165, 1.54) is 0 Å². The number of aliphatic hydroxyl groups is 1. The lowest BCUT2D eigenvalue weighted by molar-refractivity contribution is -0.0106. The molecule has 1 aromatic rings. The Morgan fingerprint density at radius 2 is 2.29 bits per heavy atom. The number of nitrogens with two attached hydrogens (primary N) is 1. The fraction of sp³-hybridized carbons (Fsp3) is 0.333. The van der Waals surface area contributed by atoms with Crippen LogP contribution in [0.5, 0.6) is 0 Å². The van der Waals surface area contributed by atoms with Crippen LogP contribution in [-0.4, -0.2) is 27.4 Å². The highest BCUT2D eigenvalue weighted by Crippen LogP contribution is 2.19. The van der Waals surface area contributed by atoms with Crippen LogP contribution < -0.4 is 11.4 Å². The second-order valence-corrected chi connectivity index (χ2v) is 3.30. The molecule has 0 saturated carbocycles. The molecule has 1 aromatic heterocycles. The highest BCUT2D eigenvalue weighted by atomic mass is 32.1. The van der Waals surface area contributed by atoms with Gasteiger partial charge < -0.3 is 15.6 Å². The normalized spacial score (nSPS) is 22.5. The summed E-state index contributed by atoms with van der Waals surface area (Å²) in [7, 11) is 0. The number of aliphatic hydroxyl groups excluding tert-OH is 1. The second kappa shape index (κ2) is 5.30. The van der Waals surface area contributed by atoms with Crippen molar-refractivity contribution in [1.29, 1.82) is 0 Å². The lowest BCUT2D eigenvalue weighted by atomic mass is 10.4. The van der Waals surface area contributed by atoms with Gasteiger partial charge in [-0.1, -0.05) is 6.08 Å². The molecule has 17 heavy (non-hydrogen) atoms. The zero-order chi connectivity index (χ0) is 11.7. The van der Waals surface area contributed by atoms with Gasteiger partial charge in [0.05, 0.1) is 12.8 Å². The molecule has 0 aromatic carbocycles. The summed E-state index contributed by atoms with van der Waals surface area (Å²) in [6, 6.07) is 0. The number of aromatic nitrogens is 2. The Morgan fingerprint density at radius 3 is 2.88 bits per heavy atom. The van der Waals surface area contributed by atoms with Gasteiger partial charge in [0.15, 0.2) is 17.9 Å². The van der Waals surface area contributed by atoms with E-state index in [1.54, 1.807) is 12.2 Å². The van der Waals surface area contributed by atoms with E-state index in [4.69, 9.17) is 15.6 Å². The maximum Gasteiger partial charge on any atom is 0.352 e. The molecule has 0 aliphatic carbocycles. The van der Waals surface area contributed by atoms with Crippen molar-refractivity contribution >= 4 is 19.3 Å². The molecule has 0 fully saturated rings. The molecular weight excluding hydrogens is 249 g/mol. The third kappa shape index (κ3) is 2.65. The zero-order valence-corrected chi connectivity index (χ0v) is 9.71. The van der Waals surface area contributed by atoms with Gasteiger partial charge >= 0.3 is 5.69 Å². The summed E-state index contributed by atoms with van der Waals surface area (Å²) < 4.78 is 19.3. The minimum Gasteiger partial charge on any atom is -0.393 e. The standard InChI is InChI=1S/C9H10FN3O3.H2S/c10-6-3-13(9(15)12-8(6)11)7-2-1-5(4-14)16-7;/h1-3,5,7,14H,4H2,(H2,11,12,15);1H2/t5-,7+;/m0./s1.